The molecule has 1 aliphatic rings. The number of aromatic nitrogens is 4. The van der Waals surface area contributed by atoms with E-state index in [2.05, 4.69) is 31.0 Å². The molecule has 0 aliphatic heterocycles. The van der Waals surface area contributed by atoms with Crippen LogP contribution >= 0.6 is 0 Å². The Morgan fingerprint density at radius 1 is 1.05 bits per heavy atom. The van der Waals surface area contributed by atoms with Crippen molar-refractivity contribution in [1.29, 1.82) is 0 Å². The minimum atomic E-state index is -0.402. The van der Waals surface area contributed by atoms with Crippen LogP contribution in [0, 0.1) is 12.8 Å². The van der Waals surface area contributed by atoms with Gasteiger partial charge < -0.3 is 16.4 Å². The summed E-state index contributed by atoms with van der Waals surface area (Å²) in [7, 11) is 0. The summed E-state index contributed by atoms with van der Waals surface area (Å²) in [5, 5.41) is 12.9. The number of fused-ring (bicyclic) bond motifs is 1. The molecule has 3 heterocycles. The van der Waals surface area contributed by atoms with Crippen LogP contribution < -0.4 is 21.7 Å². The van der Waals surface area contributed by atoms with E-state index in [0.29, 0.717) is 40.6 Å². The van der Waals surface area contributed by atoms with Crippen LogP contribution in [-0.4, -0.2) is 38.1 Å². The molecule has 0 saturated heterocycles. The van der Waals surface area contributed by atoms with Crippen molar-refractivity contribution in [2.45, 2.75) is 39.0 Å². The van der Waals surface area contributed by atoms with Crippen molar-refractivity contribution < 1.29 is 9.59 Å². The predicted octanol–water partition coefficient (Wildman–Crippen LogP) is 4.64. The van der Waals surface area contributed by atoms with Gasteiger partial charge in [0.2, 0.25) is 0 Å². The second-order valence-electron chi connectivity index (χ2n) is 9.39. The van der Waals surface area contributed by atoms with E-state index in [9.17, 15) is 9.59 Å². The molecule has 1 aliphatic carbocycles. The summed E-state index contributed by atoms with van der Waals surface area (Å²) in [6.07, 6.45) is 9.04. The first-order valence-corrected chi connectivity index (χ1v) is 12.5. The molecule has 3 amide bonds. The second kappa shape index (κ2) is 10.7. The molecule has 5 N–H and O–H groups in total. The van der Waals surface area contributed by atoms with Gasteiger partial charge >= 0.3 is 6.03 Å². The van der Waals surface area contributed by atoms with Crippen LogP contribution in [-0.2, 0) is 0 Å². The molecule has 0 radical (unpaired) electrons. The molecule has 10 nitrogen and oxygen atoms in total. The zero-order chi connectivity index (χ0) is 25.8. The molecule has 1 fully saturated rings. The molecule has 0 spiro atoms. The standard InChI is InChI=1S/C27H30N8O2/c1-17-6-5-9-22(32-17)34-27(37)33-20-12-10-19(11-13-20)23-21(15-35-24(23)25(28)30-16-31-35)26(36)29-14-18-7-3-2-4-8-18/h5-6,9-13,15-16,18H,2-4,7-8,14H2,1H3,(H,29,36)(H2,28,30,31)(H2,32,33,34,37). The number of carbonyl (C=O) groups is 2. The van der Waals surface area contributed by atoms with Crippen LogP contribution in [0.15, 0.2) is 55.0 Å². The number of aryl methyl sites for hydroxylation is 1. The van der Waals surface area contributed by atoms with Gasteiger partial charge in [0.25, 0.3) is 5.91 Å². The molecule has 1 saturated carbocycles. The lowest BCUT2D eigenvalue weighted by atomic mass is 9.89. The molecule has 0 atom stereocenters. The van der Waals surface area contributed by atoms with Gasteiger partial charge in [-0.2, -0.15) is 5.10 Å². The highest BCUT2D eigenvalue weighted by Crippen LogP contribution is 2.33. The highest BCUT2D eigenvalue weighted by atomic mass is 16.2. The van der Waals surface area contributed by atoms with Gasteiger partial charge in [-0.3, -0.25) is 10.1 Å². The van der Waals surface area contributed by atoms with Gasteiger partial charge in [-0.1, -0.05) is 37.5 Å². The molecular formula is C27H30N8O2. The van der Waals surface area contributed by atoms with Gasteiger partial charge in [-0.05, 0) is 55.5 Å². The highest BCUT2D eigenvalue weighted by molar-refractivity contribution is 6.07. The zero-order valence-electron chi connectivity index (χ0n) is 20.7. The number of nitrogens with two attached hydrogens (primary N) is 1. The average Bonchev–Trinajstić information content (AvgIpc) is 3.29. The lowest BCUT2D eigenvalue weighted by molar-refractivity contribution is 0.0944. The third-order valence-electron chi connectivity index (χ3n) is 6.68. The molecular weight excluding hydrogens is 468 g/mol. The Hall–Kier alpha value is -4.47. The molecule has 0 bridgehead atoms. The Morgan fingerprint density at radius 3 is 2.59 bits per heavy atom. The maximum atomic E-state index is 13.3. The van der Waals surface area contributed by atoms with Crippen molar-refractivity contribution in [3.05, 3.63) is 66.2 Å². The maximum Gasteiger partial charge on any atom is 0.324 e. The number of benzene rings is 1. The van der Waals surface area contributed by atoms with Crippen molar-refractivity contribution in [3.63, 3.8) is 0 Å². The topological polar surface area (TPSA) is 139 Å². The van der Waals surface area contributed by atoms with Crippen LogP contribution in [0.1, 0.15) is 48.2 Å². The van der Waals surface area contributed by atoms with Crippen molar-refractivity contribution >= 4 is 34.8 Å². The Labute approximate surface area is 214 Å². The minimum absolute atomic E-state index is 0.169. The molecule has 0 unspecified atom stereocenters. The Morgan fingerprint density at radius 2 is 1.84 bits per heavy atom. The first kappa shape index (κ1) is 24.2. The minimum Gasteiger partial charge on any atom is -0.382 e. The normalized spacial score (nSPS) is 13.9. The van der Waals surface area contributed by atoms with Gasteiger partial charge in [-0.25, -0.2) is 19.3 Å². The van der Waals surface area contributed by atoms with E-state index in [1.807, 2.05) is 31.2 Å². The number of pyridine rings is 1. The molecule has 3 aromatic heterocycles. The van der Waals surface area contributed by atoms with Crippen LogP contribution in [0.3, 0.4) is 0 Å². The summed E-state index contributed by atoms with van der Waals surface area (Å²) in [4.78, 5) is 34.1. The van der Waals surface area contributed by atoms with Gasteiger partial charge in [0, 0.05) is 29.7 Å². The van der Waals surface area contributed by atoms with Crippen LogP contribution in [0.25, 0.3) is 16.6 Å². The number of carbonyl (C=O) groups excluding carboxylic acids is 2. The van der Waals surface area contributed by atoms with Crippen LogP contribution in [0.2, 0.25) is 0 Å². The van der Waals surface area contributed by atoms with E-state index in [-0.39, 0.29) is 11.7 Å². The SMILES string of the molecule is Cc1cccc(NC(=O)Nc2ccc(-c3c(C(=O)NCC4CCCCC4)cn4ncnc(N)c34)cc2)n1. The third kappa shape index (κ3) is 5.53. The van der Waals surface area contributed by atoms with Crippen LogP contribution in [0.5, 0.6) is 0 Å². The number of nitrogens with zero attached hydrogens (tertiary/aromatic N) is 4. The zero-order valence-corrected chi connectivity index (χ0v) is 20.7. The third-order valence-corrected chi connectivity index (χ3v) is 6.68. The fraction of sp³-hybridized carbons (Fsp3) is 0.296. The lowest BCUT2D eigenvalue weighted by Gasteiger charge is -2.21. The number of amides is 3. The fourth-order valence-electron chi connectivity index (χ4n) is 4.83. The number of nitrogen functional groups attached to an aromatic ring is 1. The number of urea groups is 1. The fourth-order valence-corrected chi connectivity index (χ4v) is 4.83. The van der Waals surface area contributed by atoms with E-state index in [4.69, 9.17) is 5.73 Å². The summed E-state index contributed by atoms with van der Waals surface area (Å²) in [5.74, 6) is 1.09. The lowest BCUT2D eigenvalue weighted by Crippen LogP contribution is -2.30. The van der Waals surface area contributed by atoms with E-state index in [1.54, 1.807) is 28.9 Å². The number of hydrogen-bond donors (Lipinski definition) is 4. The van der Waals surface area contributed by atoms with Crippen molar-refractivity contribution in [2.24, 2.45) is 5.92 Å². The molecule has 4 aromatic rings. The van der Waals surface area contributed by atoms with Crippen molar-refractivity contribution in [1.82, 2.24) is 24.9 Å². The smallest absolute Gasteiger partial charge is 0.324 e. The van der Waals surface area contributed by atoms with Gasteiger partial charge in [0.05, 0.1) is 5.56 Å². The molecule has 10 heteroatoms. The van der Waals surface area contributed by atoms with Crippen LogP contribution in [0.4, 0.5) is 22.1 Å². The summed E-state index contributed by atoms with van der Waals surface area (Å²) in [5.41, 5.74) is 10.1. The predicted molar refractivity (Wildman–Crippen MR) is 143 cm³/mol. The summed E-state index contributed by atoms with van der Waals surface area (Å²) in [6, 6.07) is 12.2. The Balaban J connectivity index is 1.37. The number of anilines is 3. The number of rotatable bonds is 6. The molecule has 190 valence electrons. The van der Waals surface area contributed by atoms with Crippen molar-refractivity contribution in [2.75, 3.05) is 22.9 Å². The Kier molecular flexibility index (Phi) is 6.98. The number of hydrogen-bond acceptors (Lipinski definition) is 6. The summed E-state index contributed by atoms with van der Waals surface area (Å²) < 4.78 is 1.58. The largest absolute Gasteiger partial charge is 0.382 e. The first-order valence-electron chi connectivity index (χ1n) is 12.5. The second-order valence-corrected chi connectivity index (χ2v) is 9.39. The van der Waals surface area contributed by atoms with Crippen molar-refractivity contribution in [3.8, 4) is 11.1 Å². The van der Waals surface area contributed by atoms with Gasteiger partial charge in [-0.15, -0.1) is 0 Å². The summed E-state index contributed by atoms with van der Waals surface area (Å²) in [6.45, 7) is 2.51. The quantitative estimate of drug-likeness (QED) is 0.305. The van der Waals surface area contributed by atoms with Gasteiger partial charge in [0.15, 0.2) is 5.82 Å². The van der Waals surface area contributed by atoms with E-state index in [0.717, 1.165) is 24.1 Å². The molecule has 37 heavy (non-hydrogen) atoms. The summed E-state index contributed by atoms with van der Waals surface area (Å²) >= 11 is 0. The molecule has 1 aromatic carbocycles. The Bertz CT molecular complexity index is 1420. The maximum absolute atomic E-state index is 13.3. The van der Waals surface area contributed by atoms with E-state index < -0.39 is 6.03 Å². The van der Waals surface area contributed by atoms with E-state index >= 15 is 0 Å². The number of nitrogens with one attached hydrogen (secondary N) is 3. The first-order chi connectivity index (χ1) is 18.0. The average molecular weight is 499 g/mol. The van der Waals surface area contributed by atoms with Gasteiger partial charge in [0.1, 0.15) is 17.7 Å². The highest BCUT2D eigenvalue weighted by Gasteiger charge is 2.23. The van der Waals surface area contributed by atoms with E-state index in [1.165, 1.54) is 25.6 Å². The molecule has 5 rings (SSSR count). The monoisotopic (exact) mass is 498 g/mol.